The van der Waals surface area contributed by atoms with Gasteiger partial charge in [-0.05, 0) is 78.7 Å². The van der Waals surface area contributed by atoms with E-state index in [9.17, 15) is 14.7 Å². The first-order chi connectivity index (χ1) is 20.4. The van der Waals surface area contributed by atoms with E-state index >= 15 is 0 Å². The number of thiophene rings is 1. The van der Waals surface area contributed by atoms with Gasteiger partial charge >= 0.3 is 11.9 Å². The van der Waals surface area contributed by atoms with Crippen molar-refractivity contribution in [2.24, 2.45) is 0 Å². The minimum atomic E-state index is -0.959. The zero-order valence-corrected chi connectivity index (χ0v) is 25.0. The van der Waals surface area contributed by atoms with E-state index in [0.717, 1.165) is 35.3 Å². The number of carboxylic acids is 2. The Labute approximate surface area is 256 Å². The number of halogens is 1. The van der Waals surface area contributed by atoms with Crippen LogP contribution >= 0.6 is 22.9 Å². The van der Waals surface area contributed by atoms with Crippen LogP contribution in [0.25, 0.3) is 0 Å². The summed E-state index contributed by atoms with van der Waals surface area (Å²) in [5, 5.41) is 18.3. The molecule has 0 bridgehead atoms. The standard InChI is InChI=1S/C34H36ClNO5S/c35-32-20-19-31(42-32)30(41-24-28-13-11-26(12-14-28)10-9-25-6-2-1-3-7-25)23-36(21-5-4-8-33(37)38)22-27-15-17-29(18-16-27)34(39)40/h1-3,6-7,11-20,30H,4-5,8-10,21-24H2,(H,37,38)(H,39,40). The highest BCUT2D eigenvalue weighted by Gasteiger charge is 2.20. The van der Waals surface area contributed by atoms with Gasteiger partial charge in [-0.25, -0.2) is 4.79 Å². The number of nitrogens with zero attached hydrogens (tertiary/aromatic N) is 1. The molecule has 3 aromatic carbocycles. The van der Waals surface area contributed by atoms with Crippen molar-refractivity contribution in [1.29, 1.82) is 0 Å². The number of aryl methyl sites for hydroxylation is 2. The van der Waals surface area contributed by atoms with Crippen molar-refractivity contribution in [2.45, 2.75) is 51.4 Å². The Morgan fingerprint density at radius 2 is 1.43 bits per heavy atom. The maximum Gasteiger partial charge on any atom is 0.335 e. The summed E-state index contributed by atoms with van der Waals surface area (Å²) < 4.78 is 7.19. The summed E-state index contributed by atoms with van der Waals surface area (Å²) >= 11 is 7.79. The Morgan fingerprint density at radius 3 is 2.05 bits per heavy atom. The Morgan fingerprint density at radius 1 is 0.786 bits per heavy atom. The summed E-state index contributed by atoms with van der Waals surface area (Å²) in [6.07, 6.45) is 3.17. The third-order valence-corrected chi connectivity index (χ3v) is 8.40. The van der Waals surface area contributed by atoms with Gasteiger partial charge in [0.25, 0.3) is 0 Å². The quantitative estimate of drug-likeness (QED) is 0.119. The maximum atomic E-state index is 11.3. The van der Waals surface area contributed by atoms with Crippen LogP contribution in [0.3, 0.4) is 0 Å². The molecule has 0 radical (unpaired) electrons. The van der Waals surface area contributed by atoms with Gasteiger partial charge in [-0.2, -0.15) is 0 Å². The van der Waals surface area contributed by atoms with Crippen LogP contribution < -0.4 is 0 Å². The topological polar surface area (TPSA) is 87.1 Å². The summed E-state index contributed by atoms with van der Waals surface area (Å²) in [6.45, 7) is 2.30. The first-order valence-electron chi connectivity index (χ1n) is 14.1. The molecule has 42 heavy (non-hydrogen) atoms. The second-order valence-corrected chi connectivity index (χ2v) is 12.1. The number of hydrogen-bond acceptors (Lipinski definition) is 5. The minimum Gasteiger partial charge on any atom is -0.481 e. The van der Waals surface area contributed by atoms with Gasteiger partial charge in [-0.15, -0.1) is 11.3 Å². The van der Waals surface area contributed by atoms with Crippen LogP contribution in [0.4, 0.5) is 0 Å². The molecule has 4 rings (SSSR count). The lowest BCUT2D eigenvalue weighted by atomic mass is 10.0. The molecule has 1 heterocycles. The number of rotatable bonds is 17. The van der Waals surface area contributed by atoms with E-state index in [1.54, 1.807) is 12.1 Å². The Kier molecular flexibility index (Phi) is 12.1. The van der Waals surface area contributed by atoms with Crippen LogP contribution in [0.15, 0.2) is 91.0 Å². The monoisotopic (exact) mass is 605 g/mol. The van der Waals surface area contributed by atoms with E-state index in [4.69, 9.17) is 21.4 Å². The number of unbranched alkanes of at least 4 members (excludes halogenated alkanes) is 1. The minimum absolute atomic E-state index is 0.128. The van der Waals surface area contributed by atoms with Crippen molar-refractivity contribution in [3.8, 4) is 0 Å². The Hall–Kier alpha value is -3.49. The van der Waals surface area contributed by atoms with Crippen LogP contribution in [0.5, 0.6) is 0 Å². The molecule has 0 spiro atoms. The van der Waals surface area contributed by atoms with Gasteiger partial charge in [-0.1, -0.05) is 78.3 Å². The lowest BCUT2D eigenvalue weighted by Gasteiger charge is -2.27. The third kappa shape index (κ3) is 10.4. The summed E-state index contributed by atoms with van der Waals surface area (Å²) in [7, 11) is 0. The van der Waals surface area contributed by atoms with Crippen molar-refractivity contribution in [2.75, 3.05) is 13.1 Å². The second kappa shape index (κ2) is 16.2. The SMILES string of the molecule is O=C(O)CCCCN(Cc1ccc(C(=O)O)cc1)CC(OCc1ccc(CCc2ccccc2)cc1)c1ccc(Cl)s1. The van der Waals surface area contributed by atoms with E-state index in [-0.39, 0.29) is 18.1 Å². The van der Waals surface area contributed by atoms with Crippen molar-refractivity contribution in [1.82, 2.24) is 4.90 Å². The van der Waals surface area contributed by atoms with Gasteiger partial charge in [0.2, 0.25) is 0 Å². The molecule has 4 aromatic rings. The molecule has 0 aliphatic heterocycles. The lowest BCUT2D eigenvalue weighted by molar-refractivity contribution is -0.137. The molecular formula is C34H36ClNO5S. The summed E-state index contributed by atoms with van der Waals surface area (Å²) in [6, 6.07) is 29.8. The predicted molar refractivity (Wildman–Crippen MR) is 167 cm³/mol. The first kappa shape index (κ1) is 31.4. The molecule has 0 saturated heterocycles. The Bertz CT molecular complexity index is 1410. The number of aliphatic carboxylic acids is 1. The summed E-state index contributed by atoms with van der Waals surface area (Å²) in [4.78, 5) is 25.6. The highest BCUT2D eigenvalue weighted by atomic mass is 35.5. The molecule has 0 aliphatic carbocycles. The van der Waals surface area contributed by atoms with Crippen LogP contribution in [-0.4, -0.2) is 40.1 Å². The van der Waals surface area contributed by atoms with E-state index in [0.29, 0.717) is 37.0 Å². The van der Waals surface area contributed by atoms with E-state index in [2.05, 4.69) is 53.4 Å². The average molecular weight is 606 g/mol. The molecule has 0 aliphatic rings. The second-order valence-electron chi connectivity index (χ2n) is 10.3. The van der Waals surface area contributed by atoms with Crippen LogP contribution in [0, 0.1) is 0 Å². The molecular weight excluding hydrogens is 570 g/mol. The third-order valence-electron chi connectivity index (χ3n) is 7.08. The van der Waals surface area contributed by atoms with Crippen molar-refractivity contribution < 1.29 is 24.5 Å². The molecule has 1 atom stereocenters. The van der Waals surface area contributed by atoms with Gasteiger partial charge in [0.15, 0.2) is 0 Å². The van der Waals surface area contributed by atoms with Gasteiger partial charge in [0, 0.05) is 24.4 Å². The fraction of sp³-hybridized carbons (Fsp3) is 0.294. The number of carboxylic acid groups (broad SMARTS) is 2. The molecule has 8 heteroatoms. The van der Waals surface area contributed by atoms with E-state index in [1.807, 2.05) is 30.3 Å². The van der Waals surface area contributed by atoms with Crippen LogP contribution in [0.1, 0.15) is 62.9 Å². The van der Waals surface area contributed by atoms with Gasteiger partial charge < -0.3 is 14.9 Å². The van der Waals surface area contributed by atoms with Crippen molar-refractivity contribution >= 4 is 34.9 Å². The fourth-order valence-electron chi connectivity index (χ4n) is 4.75. The molecule has 0 fully saturated rings. The zero-order valence-electron chi connectivity index (χ0n) is 23.5. The Balaban J connectivity index is 1.42. The smallest absolute Gasteiger partial charge is 0.335 e. The lowest BCUT2D eigenvalue weighted by Crippen LogP contribution is -2.30. The molecule has 0 saturated carbocycles. The first-order valence-corrected chi connectivity index (χ1v) is 15.3. The van der Waals surface area contributed by atoms with Crippen molar-refractivity contribution in [3.05, 3.63) is 128 Å². The fourth-order valence-corrected chi connectivity index (χ4v) is 5.85. The molecule has 220 valence electrons. The number of carbonyl (C=O) groups is 2. The van der Waals surface area contributed by atoms with E-state index in [1.165, 1.54) is 22.5 Å². The highest BCUT2D eigenvalue weighted by Crippen LogP contribution is 2.31. The summed E-state index contributed by atoms with van der Waals surface area (Å²) in [5.41, 5.74) is 4.92. The number of benzene rings is 3. The number of ether oxygens (including phenoxy) is 1. The average Bonchev–Trinajstić information content (AvgIpc) is 3.43. The van der Waals surface area contributed by atoms with Crippen LogP contribution in [-0.2, 0) is 35.5 Å². The zero-order chi connectivity index (χ0) is 29.7. The number of hydrogen-bond donors (Lipinski definition) is 2. The van der Waals surface area contributed by atoms with E-state index < -0.39 is 11.9 Å². The largest absolute Gasteiger partial charge is 0.481 e. The normalized spacial score (nSPS) is 12.0. The predicted octanol–water partition coefficient (Wildman–Crippen LogP) is 7.90. The molecule has 1 aromatic heterocycles. The highest BCUT2D eigenvalue weighted by molar-refractivity contribution is 7.16. The molecule has 1 unspecified atom stereocenters. The number of aromatic carboxylic acids is 1. The molecule has 2 N–H and O–H groups in total. The van der Waals surface area contributed by atoms with Gasteiger partial charge in [0.05, 0.1) is 16.5 Å². The maximum absolute atomic E-state index is 11.3. The van der Waals surface area contributed by atoms with Crippen molar-refractivity contribution in [3.63, 3.8) is 0 Å². The molecule has 0 amide bonds. The molecule has 6 nitrogen and oxygen atoms in total. The van der Waals surface area contributed by atoms with Gasteiger partial charge in [-0.3, -0.25) is 9.69 Å². The van der Waals surface area contributed by atoms with Gasteiger partial charge in [0.1, 0.15) is 6.10 Å². The van der Waals surface area contributed by atoms with Crippen LogP contribution in [0.2, 0.25) is 4.34 Å². The summed E-state index contributed by atoms with van der Waals surface area (Å²) in [5.74, 6) is -1.76.